The van der Waals surface area contributed by atoms with Gasteiger partial charge in [0.2, 0.25) is 5.91 Å². The summed E-state index contributed by atoms with van der Waals surface area (Å²) in [5.41, 5.74) is 2.69. The second-order valence-corrected chi connectivity index (χ2v) is 5.63. The number of halogens is 1. The summed E-state index contributed by atoms with van der Waals surface area (Å²) in [6.45, 7) is 0. The molecular weight excluding hydrogens is 316 g/mol. The summed E-state index contributed by atoms with van der Waals surface area (Å²) in [5, 5.41) is 3.53. The van der Waals surface area contributed by atoms with Gasteiger partial charge in [-0.05, 0) is 42.7 Å². The molecular formula is C17H15ClN2O3. The van der Waals surface area contributed by atoms with E-state index in [0.29, 0.717) is 29.6 Å². The second-order valence-electron chi connectivity index (χ2n) is 5.22. The second kappa shape index (κ2) is 6.71. The lowest BCUT2D eigenvalue weighted by Gasteiger charge is -2.06. The largest absolute Gasteiger partial charge is 0.417 e. The Hall–Kier alpha value is -2.53. The van der Waals surface area contributed by atoms with E-state index in [-0.39, 0.29) is 5.91 Å². The zero-order valence-electron chi connectivity index (χ0n) is 12.3. The van der Waals surface area contributed by atoms with Gasteiger partial charge in [0.25, 0.3) is 0 Å². The van der Waals surface area contributed by atoms with Gasteiger partial charge in [0.15, 0.2) is 5.58 Å². The predicted molar refractivity (Wildman–Crippen MR) is 89.9 cm³/mol. The first kappa shape index (κ1) is 15.4. The van der Waals surface area contributed by atoms with Crippen LogP contribution in [0.5, 0.6) is 0 Å². The van der Waals surface area contributed by atoms with E-state index in [9.17, 15) is 9.59 Å². The number of rotatable bonds is 5. The van der Waals surface area contributed by atoms with Crippen LogP contribution in [-0.4, -0.2) is 10.9 Å². The topological polar surface area (TPSA) is 75.1 Å². The van der Waals surface area contributed by atoms with Gasteiger partial charge < -0.3 is 9.73 Å². The molecule has 1 aromatic heterocycles. The van der Waals surface area contributed by atoms with Gasteiger partial charge in [0.1, 0.15) is 0 Å². The van der Waals surface area contributed by atoms with Crippen LogP contribution in [0.25, 0.3) is 11.1 Å². The Morgan fingerprint density at radius 2 is 2.04 bits per heavy atom. The van der Waals surface area contributed by atoms with E-state index in [1.54, 1.807) is 18.2 Å². The summed E-state index contributed by atoms with van der Waals surface area (Å²) in [6, 6.07) is 12.6. The van der Waals surface area contributed by atoms with Crippen molar-refractivity contribution in [1.29, 1.82) is 0 Å². The molecule has 6 heteroatoms. The molecule has 3 aromatic rings. The Labute approximate surface area is 137 Å². The number of amides is 1. The van der Waals surface area contributed by atoms with Gasteiger partial charge >= 0.3 is 5.76 Å². The lowest BCUT2D eigenvalue weighted by atomic mass is 10.1. The van der Waals surface area contributed by atoms with Gasteiger partial charge in [-0.1, -0.05) is 29.8 Å². The molecule has 0 aliphatic heterocycles. The summed E-state index contributed by atoms with van der Waals surface area (Å²) in [5.74, 6) is -0.592. The molecule has 3 rings (SSSR count). The number of H-pyrrole nitrogens is 1. The number of oxazole rings is 1. The number of hydrogen-bond acceptors (Lipinski definition) is 3. The summed E-state index contributed by atoms with van der Waals surface area (Å²) in [7, 11) is 0. The van der Waals surface area contributed by atoms with Crippen molar-refractivity contribution in [3.05, 3.63) is 63.6 Å². The van der Waals surface area contributed by atoms with Crippen molar-refractivity contribution in [2.45, 2.75) is 19.3 Å². The fourth-order valence-electron chi connectivity index (χ4n) is 2.39. The van der Waals surface area contributed by atoms with E-state index >= 15 is 0 Å². The van der Waals surface area contributed by atoms with E-state index in [2.05, 4.69) is 10.3 Å². The fourth-order valence-corrected chi connectivity index (χ4v) is 2.62. The first-order valence-electron chi connectivity index (χ1n) is 7.28. The third-order valence-electron chi connectivity index (χ3n) is 3.51. The normalized spacial score (nSPS) is 10.8. The molecule has 0 unspecified atom stereocenters. The number of aromatic nitrogens is 1. The molecule has 0 aliphatic rings. The van der Waals surface area contributed by atoms with Crippen molar-refractivity contribution in [2.24, 2.45) is 0 Å². The molecule has 2 aromatic carbocycles. The Kier molecular flexibility index (Phi) is 4.48. The number of fused-ring (bicyclic) bond motifs is 1. The number of carbonyl (C=O) groups excluding carboxylic acids is 1. The average Bonchev–Trinajstić information content (AvgIpc) is 2.88. The molecule has 0 saturated carbocycles. The monoisotopic (exact) mass is 330 g/mol. The van der Waals surface area contributed by atoms with Crippen molar-refractivity contribution < 1.29 is 9.21 Å². The third kappa shape index (κ3) is 3.81. The molecule has 2 N–H and O–H groups in total. The smallest absolute Gasteiger partial charge is 0.408 e. The first-order chi connectivity index (χ1) is 11.1. The molecule has 0 fully saturated rings. The Bertz CT molecular complexity index is 898. The first-order valence-corrected chi connectivity index (χ1v) is 7.66. The lowest BCUT2D eigenvalue weighted by Crippen LogP contribution is -2.11. The van der Waals surface area contributed by atoms with Crippen molar-refractivity contribution in [1.82, 2.24) is 4.98 Å². The SMILES string of the molecule is O=C(CCCc1ccccc1Cl)Nc1ccc2oc(=O)[nH]c2c1. The molecule has 0 spiro atoms. The number of aromatic amines is 1. The molecule has 1 amide bonds. The molecule has 5 nitrogen and oxygen atoms in total. The zero-order valence-corrected chi connectivity index (χ0v) is 13.0. The van der Waals surface area contributed by atoms with Gasteiger partial charge in [-0.25, -0.2) is 4.79 Å². The highest BCUT2D eigenvalue weighted by Gasteiger charge is 2.06. The molecule has 0 atom stereocenters. The molecule has 0 saturated heterocycles. The Balaban J connectivity index is 1.56. The molecule has 1 heterocycles. The standard InChI is InChI=1S/C17H15ClN2O3/c18-13-6-2-1-4-11(13)5-3-7-16(21)19-12-8-9-15-14(10-12)20-17(22)23-15/h1-2,4,6,8-10H,3,5,7H2,(H,19,21)(H,20,22). The number of anilines is 1. The van der Waals surface area contributed by atoms with Gasteiger partial charge in [0.05, 0.1) is 5.52 Å². The minimum absolute atomic E-state index is 0.0813. The Morgan fingerprint density at radius 1 is 1.22 bits per heavy atom. The molecule has 0 bridgehead atoms. The van der Waals surface area contributed by atoms with E-state index in [0.717, 1.165) is 17.0 Å². The zero-order chi connectivity index (χ0) is 16.2. The van der Waals surface area contributed by atoms with Crippen LogP contribution in [0.1, 0.15) is 18.4 Å². The predicted octanol–water partition coefficient (Wildman–Crippen LogP) is 3.74. The lowest BCUT2D eigenvalue weighted by molar-refractivity contribution is -0.116. The average molecular weight is 331 g/mol. The van der Waals surface area contributed by atoms with E-state index in [1.165, 1.54) is 0 Å². The van der Waals surface area contributed by atoms with Crippen LogP contribution in [-0.2, 0) is 11.2 Å². The number of benzene rings is 2. The summed E-state index contributed by atoms with van der Waals surface area (Å²) in [4.78, 5) is 25.6. The van der Waals surface area contributed by atoms with Gasteiger partial charge in [-0.15, -0.1) is 0 Å². The van der Waals surface area contributed by atoms with E-state index < -0.39 is 5.76 Å². The minimum Gasteiger partial charge on any atom is -0.408 e. The highest BCUT2D eigenvalue weighted by molar-refractivity contribution is 6.31. The summed E-state index contributed by atoms with van der Waals surface area (Å²) < 4.78 is 4.92. The summed E-state index contributed by atoms with van der Waals surface area (Å²) >= 11 is 6.09. The fraction of sp³-hybridized carbons (Fsp3) is 0.176. The summed E-state index contributed by atoms with van der Waals surface area (Å²) in [6.07, 6.45) is 1.85. The van der Waals surface area contributed by atoms with Crippen LogP contribution in [0.3, 0.4) is 0 Å². The molecule has 0 aliphatic carbocycles. The highest BCUT2D eigenvalue weighted by Crippen LogP contribution is 2.18. The van der Waals surface area contributed by atoms with Crippen LogP contribution in [0.15, 0.2) is 51.7 Å². The van der Waals surface area contributed by atoms with Gasteiger partial charge in [-0.3, -0.25) is 9.78 Å². The van der Waals surface area contributed by atoms with E-state index in [4.69, 9.17) is 16.0 Å². The third-order valence-corrected chi connectivity index (χ3v) is 3.88. The van der Waals surface area contributed by atoms with Crippen LogP contribution >= 0.6 is 11.6 Å². The van der Waals surface area contributed by atoms with Crippen molar-refractivity contribution in [3.63, 3.8) is 0 Å². The van der Waals surface area contributed by atoms with Crippen LogP contribution in [0, 0.1) is 0 Å². The number of hydrogen-bond donors (Lipinski definition) is 2. The number of carbonyl (C=O) groups is 1. The maximum atomic E-state index is 12.0. The minimum atomic E-state index is -0.511. The van der Waals surface area contributed by atoms with Gasteiger partial charge in [-0.2, -0.15) is 0 Å². The highest BCUT2D eigenvalue weighted by atomic mass is 35.5. The molecule has 118 valence electrons. The Morgan fingerprint density at radius 3 is 2.87 bits per heavy atom. The van der Waals surface area contributed by atoms with Crippen molar-refractivity contribution >= 4 is 34.3 Å². The van der Waals surface area contributed by atoms with E-state index in [1.807, 2.05) is 24.3 Å². The molecule has 0 radical (unpaired) electrons. The number of nitrogens with one attached hydrogen (secondary N) is 2. The number of aryl methyl sites for hydroxylation is 1. The quantitative estimate of drug-likeness (QED) is 0.748. The van der Waals surface area contributed by atoms with Gasteiger partial charge in [0, 0.05) is 17.1 Å². The maximum Gasteiger partial charge on any atom is 0.417 e. The van der Waals surface area contributed by atoms with Crippen molar-refractivity contribution in [2.75, 3.05) is 5.32 Å². The van der Waals surface area contributed by atoms with Crippen LogP contribution in [0.2, 0.25) is 5.02 Å². The van der Waals surface area contributed by atoms with Crippen molar-refractivity contribution in [3.8, 4) is 0 Å². The molecule has 23 heavy (non-hydrogen) atoms. The maximum absolute atomic E-state index is 12.0. The van der Waals surface area contributed by atoms with Crippen LogP contribution in [0.4, 0.5) is 5.69 Å². The van der Waals surface area contributed by atoms with Crippen LogP contribution < -0.4 is 11.1 Å².